The lowest BCUT2D eigenvalue weighted by atomic mass is 10.2. The fourth-order valence-corrected chi connectivity index (χ4v) is 3.91. The van der Waals surface area contributed by atoms with Gasteiger partial charge in [0.25, 0.3) is 5.91 Å². The lowest BCUT2D eigenvalue weighted by Gasteiger charge is -2.13. The molecule has 7 nitrogen and oxygen atoms in total. The highest BCUT2D eigenvalue weighted by Crippen LogP contribution is 2.29. The van der Waals surface area contributed by atoms with Crippen molar-refractivity contribution < 1.29 is 23.1 Å². The van der Waals surface area contributed by atoms with E-state index in [2.05, 4.69) is 15.6 Å². The van der Waals surface area contributed by atoms with Crippen molar-refractivity contribution in [3.05, 3.63) is 82.8 Å². The van der Waals surface area contributed by atoms with Crippen molar-refractivity contribution in [1.82, 2.24) is 4.98 Å². The van der Waals surface area contributed by atoms with Gasteiger partial charge in [-0.05, 0) is 55.5 Å². The molecule has 0 aliphatic rings. The summed E-state index contributed by atoms with van der Waals surface area (Å²) in [6, 6.07) is 13.9. The number of methoxy groups -OCH3 is 1. The minimum atomic E-state index is -0.511. The first-order valence-corrected chi connectivity index (χ1v) is 10.9. The minimum Gasteiger partial charge on any atom is -0.495 e. The van der Waals surface area contributed by atoms with Gasteiger partial charge in [0.05, 0.1) is 24.9 Å². The molecule has 2 heterocycles. The average Bonchev–Trinajstić information content (AvgIpc) is 3.42. The number of ether oxygens (including phenoxy) is 1. The number of nitrogens with zero attached hydrogens (tertiary/aromatic N) is 1. The number of furan rings is 1. The van der Waals surface area contributed by atoms with Gasteiger partial charge in [-0.1, -0.05) is 6.07 Å². The van der Waals surface area contributed by atoms with Crippen LogP contribution in [-0.2, 0) is 11.2 Å². The first-order chi connectivity index (χ1) is 15.9. The molecule has 168 valence electrons. The first kappa shape index (κ1) is 22.2. The average molecular weight is 466 g/mol. The van der Waals surface area contributed by atoms with Crippen molar-refractivity contribution in [3.8, 4) is 16.5 Å². The Bertz CT molecular complexity index is 1310. The molecule has 9 heteroatoms. The summed E-state index contributed by atoms with van der Waals surface area (Å²) in [6.07, 6.45) is 0.0766. The Hall–Kier alpha value is -3.98. The maximum absolute atomic E-state index is 13.4. The highest BCUT2D eigenvalue weighted by atomic mass is 32.1. The maximum Gasteiger partial charge on any atom is 0.255 e. The monoisotopic (exact) mass is 465 g/mol. The zero-order chi connectivity index (χ0) is 23.4. The lowest BCUT2D eigenvalue weighted by Crippen LogP contribution is -2.16. The molecule has 0 unspecified atom stereocenters. The van der Waals surface area contributed by atoms with Gasteiger partial charge in [-0.15, -0.1) is 11.3 Å². The lowest BCUT2D eigenvalue weighted by molar-refractivity contribution is -0.115. The van der Waals surface area contributed by atoms with Gasteiger partial charge < -0.3 is 19.8 Å². The van der Waals surface area contributed by atoms with E-state index in [1.807, 2.05) is 24.4 Å². The summed E-state index contributed by atoms with van der Waals surface area (Å²) in [5, 5.41) is 8.00. The van der Waals surface area contributed by atoms with Gasteiger partial charge in [-0.25, -0.2) is 9.37 Å². The number of carbonyl (C=O) groups is 2. The number of aromatic nitrogens is 1. The number of hydrogen-bond acceptors (Lipinski definition) is 6. The number of hydrogen-bond donors (Lipinski definition) is 2. The van der Waals surface area contributed by atoms with Gasteiger partial charge in [-0.2, -0.15) is 0 Å². The molecule has 2 aromatic carbocycles. The van der Waals surface area contributed by atoms with Crippen molar-refractivity contribution >= 4 is 34.5 Å². The second-order valence-corrected chi connectivity index (χ2v) is 8.02. The second-order valence-electron chi connectivity index (χ2n) is 7.16. The number of nitrogens with one attached hydrogen (secondary N) is 2. The zero-order valence-electron chi connectivity index (χ0n) is 17.8. The van der Waals surface area contributed by atoms with Crippen molar-refractivity contribution in [1.29, 1.82) is 0 Å². The van der Waals surface area contributed by atoms with E-state index >= 15 is 0 Å². The Balaban J connectivity index is 1.44. The summed E-state index contributed by atoms with van der Waals surface area (Å²) in [4.78, 5) is 29.5. The molecule has 0 aliphatic carbocycles. The molecule has 4 rings (SSSR count). The van der Waals surface area contributed by atoms with Crippen LogP contribution in [0.1, 0.15) is 21.8 Å². The number of benzene rings is 2. The molecule has 2 N–H and O–H groups in total. The molecule has 2 amide bonds. The van der Waals surface area contributed by atoms with E-state index in [9.17, 15) is 14.0 Å². The van der Waals surface area contributed by atoms with E-state index in [0.29, 0.717) is 33.6 Å². The van der Waals surface area contributed by atoms with Crippen LogP contribution in [0.5, 0.6) is 5.75 Å². The van der Waals surface area contributed by atoms with Crippen molar-refractivity contribution in [2.24, 2.45) is 0 Å². The Kier molecular flexibility index (Phi) is 6.50. The van der Waals surface area contributed by atoms with Crippen LogP contribution in [-0.4, -0.2) is 23.9 Å². The fraction of sp³-hybridized carbons (Fsp3) is 0.125. The van der Waals surface area contributed by atoms with Crippen molar-refractivity contribution in [3.63, 3.8) is 0 Å². The molecule has 0 fully saturated rings. The molecule has 0 saturated carbocycles. The molecular formula is C24H20FN3O4S. The number of halogens is 1. The standard InChI is InChI=1S/C24H20FN3O4S/c1-14-6-8-21(32-14)24-27-18(13-33-24)12-22(29)26-17-7-9-20(31-2)19(11-17)28-23(30)15-4-3-5-16(25)10-15/h3-11,13H,12H2,1-2H3,(H,26,29)(H,28,30). The summed E-state index contributed by atoms with van der Waals surface area (Å²) in [5.41, 5.74) is 1.59. The number of aryl methyl sites for hydroxylation is 1. The number of thiazole rings is 1. The second kappa shape index (κ2) is 9.66. The van der Waals surface area contributed by atoms with Crippen LogP contribution in [0.3, 0.4) is 0 Å². The third-order valence-corrected chi connectivity index (χ3v) is 5.57. The molecule has 2 aromatic heterocycles. The highest BCUT2D eigenvalue weighted by Gasteiger charge is 2.14. The van der Waals surface area contributed by atoms with Crippen LogP contribution >= 0.6 is 11.3 Å². The smallest absolute Gasteiger partial charge is 0.255 e. The van der Waals surface area contributed by atoms with E-state index in [1.165, 1.54) is 36.6 Å². The third-order valence-electron chi connectivity index (χ3n) is 4.66. The number of amides is 2. The minimum absolute atomic E-state index is 0.0766. The molecule has 0 atom stereocenters. The third kappa shape index (κ3) is 5.45. The summed E-state index contributed by atoms with van der Waals surface area (Å²) in [5.74, 6) is 0.574. The van der Waals surface area contributed by atoms with E-state index in [4.69, 9.17) is 9.15 Å². The summed E-state index contributed by atoms with van der Waals surface area (Å²) >= 11 is 1.40. The van der Waals surface area contributed by atoms with Crippen molar-refractivity contribution in [2.45, 2.75) is 13.3 Å². The predicted octanol–water partition coefficient (Wildman–Crippen LogP) is 5.29. The maximum atomic E-state index is 13.4. The molecule has 0 bridgehead atoms. The SMILES string of the molecule is COc1ccc(NC(=O)Cc2csc(-c3ccc(C)o3)n2)cc1NC(=O)c1cccc(F)c1. The molecule has 4 aromatic rings. The number of anilines is 2. The summed E-state index contributed by atoms with van der Waals surface area (Å²) in [7, 11) is 1.46. The van der Waals surface area contributed by atoms with Gasteiger partial charge in [0.2, 0.25) is 5.91 Å². The van der Waals surface area contributed by atoms with Gasteiger partial charge in [0, 0.05) is 16.6 Å². The highest BCUT2D eigenvalue weighted by molar-refractivity contribution is 7.13. The molecule has 0 aliphatic heterocycles. The first-order valence-electron chi connectivity index (χ1n) is 9.97. The molecular weight excluding hydrogens is 445 g/mol. The van der Waals surface area contributed by atoms with Gasteiger partial charge in [-0.3, -0.25) is 9.59 Å². The fourth-order valence-electron chi connectivity index (χ4n) is 3.13. The zero-order valence-corrected chi connectivity index (χ0v) is 18.7. The van der Waals surface area contributed by atoms with Gasteiger partial charge in [0.1, 0.15) is 17.3 Å². The van der Waals surface area contributed by atoms with Gasteiger partial charge >= 0.3 is 0 Å². The summed E-state index contributed by atoms with van der Waals surface area (Å²) in [6.45, 7) is 1.86. The largest absolute Gasteiger partial charge is 0.495 e. The van der Waals surface area contributed by atoms with Crippen molar-refractivity contribution in [2.75, 3.05) is 17.7 Å². The predicted molar refractivity (Wildman–Crippen MR) is 124 cm³/mol. The normalized spacial score (nSPS) is 10.6. The number of carbonyl (C=O) groups excluding carboxylic acids is 2. The van der Waals surface area contributed by atoms with E-state index < -0.39 is 11.7 Å². The molecule has 0 saturated heterocycles. The topological polar surface area (TPSA) is 93.5 Å². The van der Waals surface area contributed by atoms with E-state index in [0.717, 1.165) is 11.8 Å². The van der Waals surface area contributed by atoms with Crippen LogP contribution < -0.4 is 15.4 Å². The Morgan fingerprint density at radius 1 is 1.12 bits per heavy atom. The Morgan fingerprint density at radius 3 is 2.70 bits per heavy atom. The van der Waals surface area contributed by atoms with E-state index in [1.54, 1.807) is 18.2 Å². The molecule has 0 radical (unpaired) electrons. The van der Waals surface area contributed by atoms with Crippen LogP contribution in [0.2, 0.25) is 0 Å². The van der Waals surface area contributed by atoms with Crippen LogP contribution in [0.25, 0.3) is 10.8 Å². The summed E-state index contributed by atoms with van der Waals surface area (Å²) < 4.78 is 24.3. The quantitative estimate of drug-likeness (QED) is 0.387. The van der Waals surface area contributed by atoms with Crippen LogP contribution in [0.4, 0.5) is 15.8 Å². The van der Waals surface area contributed by atoms with Crippen LogP contribution in [0, 0.1) is 12.7 Å². The Morgan fingerprint density at radius 2 is 1.97 bits per heavy atom. The molecule has 33 heavy (non-hydrogen) atoms. The van der Waals surface area contributed by atoms with Gasteiger partial charge in [0.15, 0.2) is 10.8 Å². The number of rotatable bonds is 7. The molecule has 0 spiro atoms. The Labute approximate surface area is 193 Å². The van der Waals surface area contributed by atoms with Crippen LogP contribution in [0.15, 0.2) is 64.4 Å². The van der Waals surface area contributed by atoms with E-state index in [-0.39, 0.29) is 17.9 Å².